The standard InChI is InChI=1S/C37H31F8N3O5/c1-18-6-7-19(2)34-31(18)22-11-25(32(39)27(12-22)37(43,44)45)28(14-30(50)51)46-35(52)33(20-4-3-5-24(10-20)53-34)48-15-21(8-9-47-16-23(38)17-47)26(13-29(48)49)36(40,41)42/h3-7,10-13,15,23,28,33H,8-9,14,16-17H2,1-2H3,(H,46,52)(H,50,51). The Morgan fingerprint density at radius 3 is 2.26 bits per heavy atom. The molecule has 0 saturated carbocycles. The number of carboxylic acid groups (broad SMARTS) is 1. The monoisotopic (exact) mass is 749 g/mol. The molecular weight excluding hydrogens is 718 g/mol. The summed E-state index contributed by atoms with van der Waals surface area (Å²) in [6, 6.07) is 6.75. The number of fused-ring (bicyclic) bond motifs is 6. The number of aliphatic carboxylic acids is 1. The van der Waals surface area contributed by atoms with Gasteiger partial charge in [-0.25, -0.2) is 8.78 Å². The van der Waals surface area contributed by atoms with E-state index in [-0.39, 0.29) is 54.2 Å². The molecule has 2 unspecified atom stereocenters. The zero-order valence-electron chi connectivity index (χ0n) is 28.0. The SMILES string of the molecule is Cc1ccc(C)c2c1Oc1cccc(c1)C(n1cc(CCN3CC(F)C3)c(C(F)(F)F)cc1=O)C(=O)NC(CC(=O)O)c1cc-2cc(C(F)(F)F)c1F. The number of hydrogen-bond acceptors (Lipinski definition) is 5. The van der Waals surface area contributed by atoms with E-state index in [1.54, 1.807) is 30.9 Å². The van der Waals surface area contributed by atoms with Gasteiger partial charge in [0.15, 0.2) is 0 Å². The van der Waals surface area contributed by atoms with Crippen LogP contribution in [0, 0.1) is 19.7 Å². The first-order valence-electron chi connectivity index (χ1n) is 16.3. The number of rotatable bonds is 6. The molecule has 2 atom stereocenters. The Morgan fingerprint density at radius 2 is 1.62 bits per heavy atom. The summed E-state index contributed by atoms with van der Waals surface area (Å²) in [5.41, 5.74) is -4.90. The number of benzene rings is 3. The lowest BCUT2D eigenvalue weighted by atomic mass is 9.90. The van der Waals surface area contributed by atoms with E-state index >= 15 is 4.39 Å². The van der Waals surface area contributed by atoms with Crippen LogP contribution in [0.2, 0.25) is 0 Å². The Morgan fingerprint density at radius 1 is 0.943 bits per heavy atom. The Hall–Kier alpha value is -5.25. The molecule has 2 N–H and O–H groups in total. The minimum Gasteiger partial charge on any atom is -0.481 e. The number of aryl methyl sites for hydroxylation is 2. The number of halogens is 8. The molecule has 1 aromatic heterocycles. The summed E-state index contributed by atoms with van der Waals surface area (Å²) in [5, 5.41) is 12.1. The van der Waals surface area contributed by atoms with Gasteiger partial charge in [0, 0.05) is 43.0 Å². The largest absolute Gasteiger partial charge is 0.481 e. The number of amides is 1. The fraction of sp³-hybridized carbons (Fsp3) is 0.324. The van der Waals surface area contributed by atoms with Crippen molar-refractivity contribution < 1.29 is 54.6 Å². The molecule has 3 heterocycles. The van der Waals surface area contributed by atoms with Crippen LogP contribution in [0.4, 0.5) is 35.1 Å². The molecule has 0 spiro atoms. The lowest BCUT2D eigenvalue weighted by Crippen LogP contribution is -2.49. The van der Waals surface area contributed by atoms with Crippen LogP contribution in [0.3, 0.4) is 0 Å². The summed E-state index contributed by atoms with van der Waals surface area (Å²) in [5.74, 6) is -4.67. The summed E-state index contributed by atoms with van der Waals surface area (Å²) >= 11 is 0. The van der Waals surface area contributed by atoms with Crippen molar-refractivity contribution in [3.63, 3.8) is 0 Å². The molecule has 1 amide bonds. The smallest absolute Gasteiger partial charge is 0.419 e. The van der Waals surface area contributed by atoms with Crippen LogP contribution < -0.4 is 15.6 Å². The molecule has 1 fully saturated rings. The van der Waals surface area contributed by atoms with Crippen LogP contribution in [-0.4, -0.2) is 52.3 Å². The van der Waals surface area contributed by atoms with E-state index < -0.39 is 82.5 Å². The Bertz CT molecular complexity index is 2160. The Kier molecular flexibility index (Phi) is 9.87. The molecule has 1 saturated heterocycles. The van der Waals surface area contributed by atoms with Crippen LogP contribution in [0.25, 0.3) is 11.1 Å². The number of hydrogen-bond donors (Lipinski definition) is 2. The predicted molar refractivity (Wildman–Crippen MR) is 175 cm³/mol. The van der Waals surface area contributed by atoms with E-state index in [2.05, 4.69) is 5.32 Å². The Balaban J connectivity index is 1.60. The van der Waals surface area contributed by atoms with Gasteiger partial charge >= 0.3 is 18.3 Å². The summed E-state index contributed by atoms with van der Waals surface area (Å²) in [6.45, 7) is 3.16. The minimum absolute atomic E-state index is 0.000278. The van der Waals surface area contributed by atoms with E-state index in [0.29, 0.717) is 27.8 Å². The third kappa shape index (κ3) is 7.63. The number of carbonyl (C=O) groups is 2. The van der Waals surface area contributed by atoms with Gasteiger partial charge in [0.2, 0.25) is 5.91 Å². The molecule has 2 aliphatic rings. The zero-order valence-corrected chi connectivity index (χ0v) is 28.0. The first-order valence-corrected chi connectivity index (χ1v) is 16.3. The van der Waals surface area contributed by atoms with Crippen molar-refractivity contribution in [2.45, 2.75) is 57.3 Å². The van der Waals surface area contributed by atoms with Crippen molar-refractivity contribution in [3.8, 4) is 22.6 Å². The highest BCUT2D eigenvalue weighted by Crippen LogP contribution is 2.44. The molecule has 2 aliphatic heterocycles. The van der Waals surface area contributed by atoms with Gasteiger partial charge in [-0.15, -0.1) is 0 Å². The van der Waals surface area contributed by atoms with Gasteiger partial charge in [-0.1, -0.05) is 24.3 Å². The summed E-state index contributed by atoms with van der Waals surface area (Å²) < 4.78 is 122. The van der Waals surface area contributed by atoms with E-state index in [1.165, 1.54) is 24.3 Å². The highest BCUT2D eigenvalue weighted by atomic mass is 19.4. The maximum Gasteiger partial charge on any atom is 0.419 e. The number of carboxylic acids is 1. The second kappa shape index (κ2) is 14.0. The predicted octanol–water partition coefficient (Wildman–Crippen LogP) is 7.53. The topological polar surface area (TPSA) is 101 Å². The van der Waals surface area contributed by atoms with Crippen molar-refractivity contribution in [2.75, 3.05) is 19.6 Å². The molecule has 8 nitrogen and oxygen atoms in total. The van der Waals surface area contributed by atoms with Crippen molar-refractivity contribution in [2.24, 2.45) is 0 Å². The first kappa shape index (κ1) is 37.5. The fourth-order valence-corrected chi connectivity index (χ4v) is 6.72. The quantitative estimate of drug-likeness (QED) is 0.198. The number of carbonyl (C=O) groups excluding carboxylic acids is 1. The zero-order chi connectivity index (χ0) is 38.6. The average molecular weight is 750 g/mol. The van der Waals surface area contributed by atoms with Crippen molar-refractivity contribution >= 4 is 11.9 Å². The van der Waals surface area contributed by atoms with Gasteiger partial charge in [0.25, 0.3) is 5.56 Å². The fourth-order valence-electron chi connectivity index (χ4n) is 6.72. The van der Waals surface area contributed by atoms with E-state index in [4.69, 9.17) is 4.74 Å². The number of nitrogens with zero attached hydrogens (tertiary/aromatic N) is 2. The number of alkyl halides is 7. The number of likely N-dealkylation sites (tertiary alicyclic amines) is 1. The lowest BCUT2D eigenvalue weighted by molar-refractivity contribution is -0.140. The number of pyridine rings is 1. The number of ether oxygens (including phenoxy) is 1. The second-order valence-electron chi connectivity index (χ2n) is 13.1. The molecule has 4 bridgehead atoms. The van der Waals surface area contributed by atoms with Gasteiger partial charge in [-0.05, 0) is 72.4 Å². The Labute approximate surface area is 296 Å². The maximum atomic E-state index is 16.0. The van der Waals surface area contributed by atoms with E-state index in [1.807, 2.05) is 0 Å². The third-order valence-electron chi connectivity index (χ3n) is 9.33. The molecule has 4 aromatic rings. The van der Waals surface area contributed by atoms with Gasteiger partial charge in [0.1, 0.15) is 29.5 Å². The second-order valence-corrected chi connectivity index (χ2v) is 13.1. The van der Waals surface area contributed by atoms with Crippen LogP contribution in [0.5, 0.6) is 11.5 Å². The molecule has 3 aromatic carbocycles. The third-order valence-corrected chi connectivity index (χ3v) is 9.33. The molecule has 0 aliphatic carbocycles. The van der Waals surface area contributed by atoms with E-state index in [9.17, 15) is 50.2 Å². The highest BCUT2D eigenvalue weighted by Gasteiger charge is 2.40. The van der Waals surface area contributed by atoms with Crippen LogP contribution >= 0.6 is 0 Å². The van der Waals surface area contributed by atoms with Gasteiger partial charge in [0.05, 0.1) is 23.6 Å². The van der Waals surface area contributed by atoms with Crippen molar-refractivity contribution in [3.05, 3.63) is 116 Å². The summed E-state index contributed by atoms with van der Waals surface area (Å²) in [4.78, 5) is 41.5. The molecule has 16 heteroatoms. The first-order chi connectivity index (χ1) is 24.8. The molecular formula is C37H31F8N3O5. The minimum atomic E-state index is -5.28. The average Bonchev–Trinajstić information content (AvgIpc) is 3.04. The number of nitrogens with one attached hydrogen (secondary N) is 1. The lowest BCUT2D eigenvalue weighted by Gasteiger charge is -2.34. The van der Waals surface area contributed by atoms with Gasteiger partial charge in [-0.3, -0.25) is 23.9 Å². The summed E-state index contributed by atoms with van der Waals surface area (Å²) in [6.07, 6.45) is -12.0. The molecule has 53 heavy (non-hydrogen) atoms. The van der Waals surface area contributed by atoms with Crippen LogP contribution in [0.15, 0.2) is 65.6 Å². The normalized spacial score (nSPS) is 18.1. The van der Waals surface area contributed by atoms with E-state index in [0.717, 1.165) is 12.3 Å². The molecule has 6 rings (SSSR count). The highest BCUT2D eigenvalue weighted by molar-refractivity contribution is 5.85. The van der Waals surface area contributed by atoms with Crippen molar-refractivity contribution in [1.29, 1.82) is 0 Å². The summed E-state index contributed by atoms with van der Waals surface area (Å²) in [7, 11) is 0. The maximum absolute atomic E-state index is 16.0. The van der Waals surface area contributed by atoms with Gasteiger partial charge in [-0.2, -0.15) is 26.3 Å². The molecule has 0 radical (unpaired) electrons. The van der Waals surface area contributed by atoms with Crippen LogP contribution in [0.1, 0.15) is 57.4 Å². The molecule has 280 valence electrons. The van der Waals surface area contributed by atoms with Crippen LogP contribution in [-0.2, 0) is 28.4 Å². The van der Waals surface area contributed by atoms with Crippen molar-refractivity contribution in [1.82, 2.24) is 14.8 Å². The number of aromatic nitrogens is 1. The van der Waals surface area contributed by atoms with Gasteiger partial charge < -0.3 is 15.2 Å².